The van der Waals surface area contributed by atoms with Gasteiger partial charge in [0, 0.05) is 29.2 Å². The van der Waals surface area contributed by atoms with Gasteiger partial charge in [-0.05, 0) is 60.4 Å². The van der Waals surface area contributed by atoms with E-state index < -0.39 is 23.7 Å². The summed E-state index contributed by atoms with van der Waals surface area (Å²) in [5, 5.41) is 14.1. The summed E-state index contributed by atoms with van der Waals surface area (Å²) in [5.74, 6) is -1.27. The van der Waals surface area contributed by atoms with Crippen molar-refractivity contribution in [3.63, 3.8) is 0 Å². The van der Waals surface area contributed by atoms with Crippen molar-refractivity contribution in [2.24, 2.45) is 23.5 Å². The second-order valence-electron chi connectivity index (χ2n) is 8.92. The number of amides is 2. The third kappa shape index (κ3) is 4.16. The predicted octanol–water partition coefficient (Wildman–Crippen LogP) is 2.79. The van der Waals surface area contributed by atoms with Crippen LogP contribution in [0.2, 0.25) is 5.28 Å². The molecule has 1 aromatic heterocycles. The number of nitrogens with one attached hydrogen (secondary N) is 2. The van der Waals surface area contributed by atoms with Gasteiger partial charge in [0.1, 0.15) is 0 Å². The van der Waals surface area contributed by atoms with Gasteiger partial charge in [-0.25, -0.2) is 9.37 Å². The zero-order valence-corrected chi connectivity index (χ0v) is 19.6. The van der Waals surface area contributed by atoms with E-state index in [1.54, 1.807) is 28.8 Å². The molecule has 9 nitrogen and oxygen atoms in total. The predicted molar refractivity (Wildman–Crippen MR) is 129 cm³/mol. The van der Waals surface area contributed by atoms with Gasteiger partial charge < -0.3 is 26.6 Å². The van der Waals surface area contributed by atoms with E-state index in [0.717, 1.165) is 36.7 Å². The Labute approximate surface area is 204 Å². The molecule has 0 saturated heterocycles. The number of rotatable bonds is 7. The third-order valence-corrected chi connectivity index (χ3v) is 8.68. The zero-order valence-electron chi connectivity index (χ0n) is 18.0. The topological polar surface area (TPSA) is 136 Å². The highest BCUT2D eigenvalue weighted by Gasteiger charge is 2.55. The Morgan fingerprint density at radius 1 is 1.35 bits per heavy atom. The number of carbonyl (C=O) groups excluding carboxylic acids is 2. The Kier molecular flexibility index (Phi) is 6.26. The van der Waals surface area contributed by atoms with Gasteiger partial charge in [0.25, 0.3) is 0 Å². The largest absolute Gasteiger partial charge is 0.761 e. The van der Waals surface area contributed by atoms with E-state index >= 15 is 0 Å². The van der Waals surface area contributed by atoms with Gasteiger partial charge in [-0.3, -0.25) is 9.59 Å². The number of fused-ring (bicyclic) bond motifs is 3. The molecule has 1 aliphatic heterocycles. The van der Waals surface area contributed by atoms with Crippen LogP contribution in [0.15, 0.2) is 24.4 Å². The van der Waals surface area contributed by atoms with E-state index in [9.17, 15) is 19.2 Å². The van der Waals surface area contributed by atoms with Crippen molar-refractivity contribution < 1.29 is 14.0 Å². The molecule has 34 heavy (non-hydrogen) atoms. The van der Waals surface area contributed by atoms with Gasteiger partial charge in [0.2, 0.25) is 17.1 Å². The van der Waals surface area contributed by atoms with Crippen LogP contribution in [-0.4, -0.2) is 45.4 Å². The van der Waals surface area contributed by atoms with Crippen LogP contribution in [0.3, 0.4) is 0 Å². The van der Waals surface area contributed by atoms with Gasteiger partial charge in [-0.2, -0.15) is 4.98 Å². The summed E-state index contributed by atoms with van der Waals surface area (Å²) in [5.41, 5.74) is 9.79. The van der Waals surface area contributed by atoms with E-state index in [2.05, 4.69) is 15.3 Å². The van der Waals surface area contributed by atoms with Crippen LogP contribution in [0.1, 0.15) is 18.4 Å². The summed E-state index contributed by atoms with van der Waals surface area (Å²) < 4.78 is 14.3. The summed E-state index contributed by atoms with van der Waals surface area (Å²) in [6.07, 6.45) is 3.26. The summed E-state index contributed by atoms with van der Waals surface area (Å²) in [7, 11) is 0. The van der Waals surface area contributed by atoms with Crippen molar-refractivity contribution in [1.82, 2.24) is 9.97 Å². The lowest BCUT2D eigenvalue weighted by atomic mass is 9.83. The summed E-state index contributed by atoms with van der Waals surface area (Å²) in [6.45, 7) is 0.579. The number of aromatic nitrogens is 2. The fourth-order valence-electron chi connectivity index (χ4n) is 5.66. The maximum absolute atomic E-state index is 14.3. The maximum Gasteiger partial charge on any atom is 0.237 e. The molecule has 4 N–H and O–H groups in total. The zero-order chi connectivity index (χ0) is 24.0. The summed E-state index contributed by atoms with van der Waals surface area (Å²) >= 11 is 7.37. The lowest BCUT2D eigenvalue weighted by Gasteiger charge is -2.35. The van der Waals surface area contributed by atoms with Crippen molar-refractivity contribution in [2.75, 3.05) is 28.0 Å². The smallest absolute Gasteiger partial charge is 0.237 e. The van der Waals surface area contributed by atoms with Crippen LogP contribution in [0.5, 0.6) is 0 Å². The number of thioether (sulfide) groups is 1. The number of hydrogen-bond donors (Lipinski definition) is 3. The van der Waals surface area contributed by atoms with Crippen LogP contribution < -0.4 is 21.4 Å². The average Bonchev–Trinajstić information content (AvgIpc) is 3.52. The number of carbonyl (C=O) groups is 2. The Bertz CT molecular complexity index is 1140. The molecule has 0 radical (unpaired) electrons. The minimum absolute atomic E-state index is 0.0237. The second kappa shape index (κ2) is 9.20. The highest BCUT2D eigenvalue weighted by molar-refractivity contribution is 8.00. The van der Waals surface area contributed by atoms with Crippen molar-refractivity contribution in [3.05, 3.63) is 46.3 Å². The standard InChI is InChI=1S/C22H23ClFN6O3S/c23-22-26-8-14(24)21(28-22)27-19-13-5-11(18(19)20(25)32)6-16(13)34-9-17(31)30-4-3-10-1-2-12(29-33)7-15(10)30/h1-2,7-8,11,13,16,18-19,29H,3-6,9H2,(H2,25,32)(H,26,27,28)/q-1. The molecule has 2 aromatic rings. The van der Waals surface area contributed by atoms with E-state index in [0.29, 0.717) is 12.2 Å². The molecule has 2 bridgehead atoms. The first-order chi connectivity index (χ1) is 16.4. The van der Waals surface area contributed by atoms with E-state index in [-0.39, 0.29) is 39.8 Å². The van der Waals surface area contributed by atoms with Crippen LogP contribution in [0, 0.1) is 28.8 Å². The number of primary amides is 1. The fourth-order valence-corrected chi connectivity index (χ4v) is 7.22. The first kappa shape index (κ1) is 23.1. The van der Waals surface area contributed by atoms with Crippen LogP contribution in [-0.2, 0) is 16.0 Å². The number of anilines is 3. The molecule has 180 valence electrons. The Balaban J connectivity index is 1.28. The van der Waals surface area contributed by atoms with E-state index in [1.807, 2.05) is 11.5 Å². The summed E-state index contributed by atoms with van der Waals surface area (Å²) in [4.78, 5) is 34.5. The highest BCUT2D eigenvalue weighted by Crippen LogP contribution is 2.53. The third-order valence-electron chi connectivity index (χ3n) is 7.11. The van der Waals surface area contributed by atoms with Crippen molar-refractivity contribution in [3.8, 4) is 0 Å². The maximum atomic E-state index is 14.3. The number of hydrogen-bond acceptors (Lipinski definition) is 8. The van der Waals surface area contributed by atoms with Crippen LogP contribution >= 0.6 is 23.4 Å². The Morgan fingerprint density at radius 2 is 2.18 bits per heavy atom. The average molecular weight is 506 g/mol. The molecule has 2 fully saturated rings. The number of halogens is 2. The monoisotopic (exact) mass is 505 g/mol. The molecule has 1 aromatic carbocycles. The van der Waals surface area contributed by atoms with Crippen LogP contribution in [0.4, 0.5) is 21.6 Å². The van der Waals surface area contributed by atoms with Crippen molar-refractivity contribution >= 4 is 52.4 Å². The molecule has 0 spiro atoms. The molecular weight excluding hydrogens is 483 g/mol. The minimum Gasteiger partial charge on any atom is -0.761 e. The number of nitrogens with two attached hydrogens (primary N) is 1. The lowest BCUT2D eigenvalue weighted by Crippen LogP contribution is -2.46. The van der Waals surface area contributed by atoms with E-state index in [4.69, 9.17) is 17.3 Å². The first-order valence-corrected chi connectivity index (χ1v) is 12.5. The van der Waals surface area contributed by atoms with Crippen LogP contribution in [0.25, 0.3) is 0 Å². The highest BCUT2D eigenvalue weighted by atomic mass is 35.5. The van der Waals surface area contributed by atoms with E-state index in [1.165, 1.54) is 0 Å². The molecule has 2 amide bonds. The van der Waals surface area contributed by atoms with Gasteiger partial charge >= 0.3 is 0 Å². The molecule has 5 unspecified atom stereocenters. The minimum atomic E-state index is -0.658. The SMILES string of the molecule is NC(=O)C1C2CC(SCC(=O)N3CCc4ccc(N[O-])cc43)C(C2)C1Nc1nc(Cl)ncc1F. The molecular formula is C22H23ClFN6O3S-. The van der Waals surface area contributed by atoms with Gasteiger partial charge in [0.05, 0.1) is 17.9 Å². The second-order valence-corrected chi connectivity index (χ2v) is 10.5. The normalized spacial score (nSPS) is 27.0. The van der Waals surface area contributed by atoms with Crippen molar-refractivity contribution in [1.29, 1.82) is 0 Å². The molecule has 5 rings (SSSR count). The van der Waals surface area contributed by atoms with Gasteiger partial charge in [0.15, 0.2) is 11.6 Å². The lowest BCUT2D eigenvalue weighted by molar-refractivity contribution is -0.123. The molecule has 2 heterocycles. The molecule has 2 aliphatic carbocycles. The molecule has 2 saturated carbocycles. The number of nitrogens with zero attached hydrogens (tertiary/aromatic N) is 3. The molecule has 3 aliphatic rings. The summed E-state index contributed by atoms with van der Waals surface area (Å²) in [6, 6.07) is 4.88. The number of benzene rings is 1. The Morgan fingerprint density at radius 3 is 2.94 bits per heavy atom. The van der Waals surface area contributed by atoms with Gasteiger partial charge in [-0.1, -0.05) is 6.07 Å². The Hall–Kier alpha value is -2.63. The van der Waals surface area contributed by atoms with Gasteiger partial charge in [-0.15, -0.1) is 11.8 Å². The molecule has 12 heteroatoms. The first-order valence-electron chi connectivity index (χ1n) is 11.0. The fraction of sp³-hybridized carbons (Fsp3) is 0.455. The van der Waals surface area contributed by atoms with Crippen molar-refractivity contribution in [2.45, 2.75) is 30.6 Å². The molecule has 5 atom stereocenters. The quantitative estimate of drug-likeness (QED) is 0.386.